The van der Waals surface area contributed by atoms with Crippen molar-refractivity contribution in [2.24, 2.45) is 7.05 Å². The Morgan fingerprint density at radius 3 is 3.00 bits per heavy atom. The summed E-state index contributed by atoms with van der Waals surface area (Å²) in [6.45, 7) is 4.32. The molecular formula is C12H19N5O2. The van der Waals surface area contributed by atoms with Crippen molar-refractivity contribution in [1.82, 2.24) is 15.1 Å². The van der Waals surface area contributed by atoms with Gasteiger partial charge in [0.2, 0.25) is 5.82 Å². The number of anilines is 1. The highest BCUT2D eigenvalue weighted by Crippen LogP contribution is 2.28. The van der Waals surface area contributed by atoms with Gasteiger partial charge in [0, 0.05) is 20.1 Å². The lowest BCUT2D eigenvalue weighted by molar-refractivity contribution is -0.384. The molecule has 7 heteroatoms. The van der Waals surface area contributed by atoms with E-state index in [9.17, 15) is 10.1 Å². The average Bonchev–Trinajstić information content (AvgIpc) is 2.74. The summed E-state index contributed by atoms with van der Waals surface area (Å²) in [5.41, 5.74) is 1.89. The molecule has 0 saturated carbocycles. The minimum Gasteiger partial charge on any atom is -0.361 e. The molecule has 1 aromatic rings. The Balaban J connectivity index is 2.17. The lowest BCUT2D eigenvalue weighted by Gasteiger charge is -2.14. The number of aromatic nitrogens is 2. The van der Waals surface area contributed by atoms with Gasteiger partial charge in [-0.15, -0.1) is 0 Å². The molecule has 0 amide bonds. The fourth-order valence-corrected chi connectivity index (χ4v) is 2.22. The normalized spacial score (nSPS) is 15.2. The van der Waals surface area contributed by atoms with Crippen molar-refractivity contribution in [2.45, 2.75) is 19.8 Å². The number of rotatable bonds is 5. The number of aryl methyl sites for hydroxylation is 2. The zero-order valence-electron chi connectivity index (χ0n) is 11.3. The summed E-state index contributed by atoms with van der Waals surface area (Å²) in [6.07, 6.45) is 3.65. The number of nitro groups is 1. The van der Waals surface area contributed by atoms with Gasteiger partial charge in [-0.3, -0.25) is 10.1 Å². The van der Waals surface area contributed by atoms with Crippen LogP contribution >= 0.6 is 0 Å². The molecule has 0 fully saturated rings. The smallest absolute Gasteiger partial charge is 0.333 e. The quantitative estimate of drug-likeness (QED) is 0.475. The van der Waals surface area contributed by atoms with Crippen LogP contribution in [0, 0.1) is 10.1 Å². The van der Waals surface area contributed by atoms with Crippen LogP contribution in [0.1, 0.15) is 19.0 Å². The van der Waals surface area contributed by atoms with E-state index < -0.39 is 0 Å². The summed E-state index contributed by atoms with van der Waals surface area (Å²) >= 11 is 0. The topological polar surface area (TPSA) is 85.0 Å². The van der Waals surface area contributed by atoms with Crippen LogP contribution in [0.25, 0.3) is 0 Å². The van der Waals surface area contributed by atoms with Crippen molar-refractivity contribution in [1.29, 1.82) is 0 Å². The predicted octanol–water partition coefficient (Wildman–Crippen LogP) is 1.22. The molecule has 0 bridgehead atoms. The maximum Gasteiger partial charge on any atom is 0.333 e. The predicted molar refractivity (Wildman–Crippen MR) is 73.3 cm³/mol. The molecular weight excluding hydrogens is 246 g/mol. The van der Waals surface area contributed by atoms with Crippen LogP contribution in [0.4, 0.5) is 11.5 Å². The van der Waals surface area contributed by atoms with E-state index in [2.05, 4.69) is 21.8 Å². The SMILES string of the molecule is CCc1nn(C)c(NCC2=CCNCC2)c1[N+](=O)[O-]. The molecule has 1 aromatic heterocycles. The summed E-state index contributed by atoms with van der Waals surface area (Å²) in [4.78, 5) is 10.8. The van der Waals surface area contributed by atoms with Crippen molar-refractivity contribution in [2.75, 3.05) is 25.0 Å². The van der Waals surface area contributed by atoms with Gasteiger partial charge in [0.25, 0.3) is 0 Å². The van der Waals surface area contributed by atoms with Gasteiger partial charge in [0.1, 0.15) is 5.69 Å². The van der Waals surface area contributed by atoms with Crippen molar-refractivity contribution in [3.63, 3.8) is 0 Å². The molecule has 0 unspecified atom stereocenters. The molecule has 0 saturated heterocycles. The minimum atomic E-state index is -0.356. The van der Waals surface area contributed by atoms with Crippen molar-refractivity contribution in [3.8, 4) is 0 Å². The van der Waals surface area contributed by atoms with Gasteiger partial charge >= 0.3 is 5.69 Å². The molecule has 7 nitrogen and oxygen atoms in total. The third-order valence-corrected chi connectivity index (χ3v) is 3.25. The standard InChI is InChI=1S/C12H19N5O2/c1-3-10-11(17(18)19)12(16(2)15-10)14-8-9-4-6-13-7-5-9/h4,13-14H,3,5-8H2,1-2H3. The van der Waals surface area contributed by atoms with E-state index in [0.717, 1.165) is 19.5 Å². The van der Waals surface area contributed by atoms with Gasteiger partial charge in [0.05, 0.1) is 4.92 Å². The fraction of sp³-hybridized carbons (Fsp3) is 0.583. The van der Waals surface area contributed by atoms with Gasteiger partial charge in [-0.2, -0.15) is 5.10 Å². The van der Waals surface area contributed by atoms with Gasteiger partial charge in [-0.05, 0) is 19.4 Å². The molecule has 2 heterocycles. The summed E-state index contributed by atoms with van der Waals surface area (Å²) in [5, 5.41) is 21.7. The Morgan fingerprint density at radius 1 is 1.63 bits per heavy atom. The third-order valence-electron chi connectivity index (χ3n) is 3.25. The molecule has 19 heavy (non-hydrogen) atoms. The first-order valence-electron chi connectivity index (χ1n) is 6.46. The summed E-state index contributed by atoms with van der Waals surface area (Å²) < 4.78 is 1.55. The highest BCUT2D eigenvalue weighted by Gasteiger charge is 2.25. The van der Waals surface area contributed by atoms with Crippen molar-refractivity contribution < 1.29 is 4.92 Å². The third kappa shape index (κ3) is 2.93. The van der Waals surface area contributed by atoms with Gasteiger partial charge in [0.15, 0.2) is 0 Å². The second-order valence-corrected chi connectivity index (χ2v) is 4.55. The van der Waals surface area contributed by atoms with E-state index in [4.69, 9.17) is 0 Å². The van der Waals surface area contributed by atoms with E-state index in [1.807, 2.05) is 6.92 Å². The van der Waals surface area contributed by atoms with Crippen LogP contribution in [0.3, 0.4) is 0 Å². The Bertz CT molecular complexity index is 506. The van der Waals surface area contributed by atoms with E-state index in [0.29, 0.717) is 24.5 Å². The molecule has 0 spiro atoms. The first kappa shape index (κ1) is 13.5. The summed E-state index contributed by atoms with van der Waals surface area (Å²) in [7, 11) is 1.73. The molecule has 0 aliphatic carbocycles. The zero-order valence-corrected chi connectivity index (χ0v) is 11.3. The van der Waals surface area contributed by atoms with Gasteiger partial charge < -0.3 is 10.6 Å². The molecule has 0 atom stereocenters. The molecule has 0 aromatic carbocycles. The van der Waals surface area contributed by atoms with Crippen LogP contribution in [-0.4, -0.2) is 34.3 Å². The Kier molecular flexibility index (Phi) is 4.16. The van der Waals surface area contributed by atoms with E-state index in [1.54, 1.807) is 11.7 Å². The van der Waals surface area contributed by atoms with Crippen LogP contribution in [0.2, 0.25) is 0 Å². The lowest BCUT2D eigenvalue weighted by Crippen LogP contribution is -2.23. The Morgan fingerprint density at radius 2 is 2.42 bits per heavy atom. The maximum absolute atomic E-state index is 11.2. The lowest BCUT2D eigenvalue weighted by atomic mass is 10.1. The number of hydrogen-bond donors (Lipinski definition) is 2. The largest absolute Gasteiger partial charge is 0.361 e. The van der Waals surface area contributed by atoms with Crippen LogP contribution in [0.5, 0.6) is 0 Å². The van der Waals surface area contributed by atoms with E-state index in [1.165, 1.54) is 5.57 Å². The summed E-state index contributed by atoms with van der Waals surface area (Å²) in [6, 6.07) is 0. The second kappa shape index (κ2) is 5.83. The Labute approximate surface area is 111 Å². The highest BCUT2D eigenvalue weighted by molar-refractivity contribution is 5.60. The Hall–Kier alpha value is -1.89. The van der Waals surface area contributed by atoms with Crippen LogP contribution < -0.4 is 10.6 Å². The van der Waals surface area contributed by atoms with Crippen LogP contribution in [0.15, 0.2) is 11.6 Å². The molecule has 2 N–H and O–H groups in total. The molecule has 0 radical (unpaired) electrons. The first-order chi connectivity index (χ1) is 9.13. The van der Waals surface area contributed by atoms with Gasteiger partial charge in [-0.1, -0.05) is 18.6 Å². The number of nitrogens with one attached hydrogen (secondary N) is 2. The zero-order chi connectivity index (χ0) is 13.8. The molecule has 1 aliphatic rings. The number of nitrogens with zero attached hydrogens (tertiary/aromatic N) is 3. The molecule has 104 valence electrons. The summed E-state index contributed by atoms with van der Waals surface area (Å²) in [5.74, 6) is 0.487. The van der Waals surface area contributed by atoms with E-state index in [-0.39, 0.29) is 10.6 Å². The highest BCUT2D eigenvalue weighted by atomic mass is 16.6. The van der Waals surface area contributed by atoms with Gasteiger partial charge in [-0.25, -0.2) is 4.68 Å². The second-order valence-electron chi connectivity index (χ2n) is 4.55. The molecule has 2 rings (SSSR count). The minimum absolute atomic E-state index is 0.0968. The van der Waals surface area contributed by atoms with Crippen molar-refractivity contribution >= 4 is 11.5 Å². The van der Waals surface area contributed by atoms with Crippen molar-refractivity contribution in [3.05, 3.63) is 27.5 Å². The fourth-order valence-electron chi connectivity index (χ4n) is 2.22. The number of hydrogen-bond acceptors (Lipinski definition) is 5. The monoisotopic (exact) mass is 265 g/mol. The maximum atomic E-state index is 11.2. The molecule has 1 aliphatic heterocycles. The average molecular weight is 265 g/mol. The van der Waals surface area contributed by atoms with Crippen LogP contribution in [-0.2, 0) is 13.5 Å². The first-order valence-corrected chi connectivity index (χ1v) is 6.46. The van der Waals surface area contributed by atoms with E-state index >= 15 is 0 Å².